The molecule has 0 spiro atoms. The van der Waals surface area contributed by atoms with Crippen molar-refractivity contribution in [3.8, 4) is 5.75 Å². The molecule has 0 aliphatic heterocycles. The number of nitrogens with one attached hydrogen (secondary N) is 2. The minimum Gasteiger partial charge on any atom is -0.496 e. The summed E-state index contributed by atoms with van der Waals surface area (Å²) in [5.41, 5.74) is 4.94. The predicted molar refractivity (Wildman–Crippen MR) is 112 cm³/mol. The van der Waals surface area contributed by atoms with Crippen LogP contribution >= 0.6 is 0 Å². The first-order chi connectivity index (χ1) is 13.6. The fourth-order valence-corrected chi connectivity index (χ4v) is 2.93. The average molecular weight is 375 g/mol. The Bertz CT molecular complexity index is 952. The van der Waals surface area contributed by atoms with Crippen LogP contribution in [0.15, 0.2) is 60.8 Å². The van der Waals surface area contributed by atoms with E-state index in [4.69, 9.17) is 4.74 Å². The second-order valence-electron chi connectivity index (χ2n) is 6.69. The van der Waals surface area contributed by atoms with E-state index in [-0.39, 0.29) is 5.91 Å². The lowest BCUT2D eigenvalue weighted by Crippen LogP contribution is -2.25. The molecule has 0 aliphatic rings. The van der Waals surface area contributed by atoms with Crippen molar-refractivity contribution in [3.63, 3.8) is 0 Å². The lowest BCUT2D eigenvalue weighted by Gasteiger charge is -2.11. The Morgan fingerprint density at radius 2 is 1.89 bits per heavy atom. The van der Waals surface area contributed by atoms with E-state index in [0.717, 1.165) is 22.6 Å². The van der Waals surface area contributed by atoms with Gasteiger partial charge < -0.3 is 15.4 Å². The molecule has 28 heavy (non-hydrogen) atoms. The number of amides is 1. The topological polar surface area (TPSA) is 63.2 Å². The maximum Gasteiger partial charge on any atom is 0.252 e. The minimum atomic E-state index is -0.138. The van der Waals surface area contributed by atoms with Gasteiger partial charge in [-0.25, -0.2) is 4.98 Å². The number of para-hydroxylation sites is 1. The molecule has 0 radical (unpaired) electrons. The highest BCUT2D eigenvalue weighted by Gasteiger charge is 2.08. The van der Waals surface area contributed by atoms with Crippen molar-refractivity contribution >= 4 is 17.4 Å². The summed E-state index contributed by atoms with van der Waals surface area (Å²) in [6, 6.07) is 17.6. The standard InChI is InChI=1S/C23H25N3O2/c1-16-8-9-17(2)20(14-16)26-22-11-10-19(15-25-22)23(27)24-13-12-18-6-4-5-7-21(18)28-3/h4-11,14-15H,12-13H2,1-3H3,(H,24,27)(H,25,26). The van der Waals surface area contributed by atoms with Gasteiger partial charge in [-0.1, -0.05) is 30.3 Å². The first kappa shape index (κ1) is 19.4. The monoisotopic (exact) mass is 375 g/mol. The third kappa shape index (κ3) is 4.88. The highest BCUT2D eigenvalue weighted by atomic mass is 16.5. The Morgan fingerprint density at radius 1 is 1.07 bits per heavy atom. The molecule has 0 unspecified atom stereocenters. The normalized spacial score (nSPS) is 10.4. The Kier molecular flexibility index (Phi) is 6.27. The summed E-state index contributed by atoms with van der Waals surface area (Å²) < 4.78 is 5.34. The number of carbonyl (C=O) groups excluding carboxylic acids is 1. The number of benzene rings is 2. The van der Waals surface area contributed by atoms with Gasteiger partial charge in [0.05, 0.1) is 12.7 Å². The number of hydrogen-bond acceptors (Lipinski definition) is 4. The number of aromatic nitrogens is 1. The number of hydrogen-bond donors (Lipinski definition) is 2. The molecule has 1 heterocycles. The van der Waals surface area contributed by atoms with Crippen LogP contribution in [-0.4, -0.2) is 24.5 Å². The molecule has 0 atom stereocenters. The van der Waals surface area contributed by atoms with E-state index >= 15 is 0 Å². The molecule has 5 nitrogen and oxygen atoms in total. The maximum absolute atomic E-state index is 12.4. The van der Waals surface area contributed by atoms with Crippen molar-refractivity contribution in [3.05, 3.63) is 83.0 Å². The predicted octanol–water partition coefficient (Wildman–Crippen LogP) is 4.42. The molecule has 0 saturated heterocycles. The van der Waals surface area contributed by atoms with E-state index in [0.29, 0.717) is 24.3 Å². The van der Waals surface area contributed by atoms with Crippen LogP contribution in [0.2, 0.25) is 0 Å². The number of methoxy groups -OCH3 is 1. The highest BCUT2D eigenvalue weighted by molar-refractivity contribution is 5.94. The summed E-state index contributed by atoms with van der Waals surface area (Å²) >= 11 is 0. The number of carbonyl (C=O) groups is 1. The average Bonchev–Trinajstić information content (AvgIpc) is 2.71. The Labute approximate surface area is 165 Å². The third-order valence-electron chi connectivity index (χ3n) is 4.55. The summed E-state index contributed by atoms with van der Waals surface area (Å²) in [5.74, 6) is 1.40. The third-order valence-corrected chi connectivity index (χ3v) is 4.55. The number of anilines is 2. The lowest BCUT2D eigenvalue weighted by atomic mass is 10.1. The van der Waals surface area contributed by atoms with E-state index in [1.807, 2.05) is 37.3 Å². The van der Waals surface area contributed by atoms with E-state index in [9.17, 15) is 4.79 Å². The van der Waals surface area contributed by atoms with Crippen LogP contribution in [0.4, 0.5) is 11.5 Å². The van der Waals surface area contributed by atoms with Gasteiger partial charge in [0.2, 0.25) is 0 Å². The summed E-state index contributed by atoms with van der Waals surface area (Å²) in [5, 5.41) is 6.23. The molecule has 144 valence electrons. The van der Waals surface area contributed by atoms with E-state index in [2.05, 4.69) is 40.7 Å². The molecule has 2 aromatic carbocycles. The van der Waals surface area contributed by atoms with Crippen LogP contribution in [0, 0.1) is 13.8 Å². The number of ether oxygens (including phenoxy) is 1. The fraction of sp³-hybridized carbons (Fsp3) is 0.217. The largest absolute Gasteiger partial charge is 0.496 e. The summed E-state index contributed by atoms with van der Waals surface area (Å²) in [4.78, 5) is 16.7. The first-order valence-electron chi connectivity index (χ1n) is 9.27. The van der Waals surface area contributed by atoms with Crippen molar-refractivity contribution in [2.45, 2.75) is 20.3 Å². The maximum atomic E-state index is 12.4. The summed E-state index contributed by atoms with van der Waals surface area (Å²) in [6.45, 7) is 4.63. The first-order valence-corrected chi connectivity index (χ1v) is 9.27. The van der Waals surface area contributed by atoms with Gasteiger partial charge in [-0.15, -0.1) is 0 Å². The van der Waals surface area contributed by atoms with Gasteiger partial charge in [0.25, 0.3) is 5.91 Å². The fourth-order valence-electron chi connectivity index (χ4n) is 2.93. The van der Waals surface area contributed by atoms with Crippen molar-refractivity contribution in [2.24, 2.45) is 0 Å². The Balaban J connectivity index is 1.57. The minimum absolute atomic E-state index is 0.138. The van der Waals surface area contributed by atoms with Gasteiger partial charge in [0.15, 0.2) is 0 Å². The van der Waals surface area contributed by atoms with Gasteiger partial charge in [-0.2, -0.15) is 0 Å². The van der Waals surface area contributed by atoms with Crippen LogP contribution in [0.1, 0.15) is 27.0 Å². The Morgan fingerprint density at radius 3 is 2.64 bits per heavy atom. The van der Waals surface area contributed by atoms with E-state index in [1.54, 1.807) is 19.4 Å². The highest BCUT2D eigenvalue weighted by Crippen LogP contribution is 2.21. The van der Waals surface area contributed by atoms with Crippen molar-refractivity contribution in [2.75, 3.05) is 19.0 Å². The van der Waals surface area contributed by atoms with Crippen LogP contribution in [0.5, 0.6) is 5.75 Å². The zero-order valence-electron chi connectivity index (χ0n) is 16.5. The zero-order valence-corrected chi connectivity index (χ0v) is 16.5. The van der Waals surface area contributed by atoms with Crippen LogP contribution in [0.25, 0.3) is 0 Å². The molecule has 5 heteroatoms. The summed E-state index contributed by atoms with van der Waals surface area (Å²) in [6.07, 6.45) is 2.29. The molecule has 0 fully saturated rings. The van der Waals surface area contributed by atoms with Gasteiger partial charge in [0.1, 0.15) is 11.6 Å². The van der Waals surface area contributed by atoms with Gasteiger partial charge in [-0.05, 0) is 61.2 Å². The quantitative estimate of drug-likeness (QED) is 0.641. The number of rotatable bonds is 7. The SMILES string of the molecule is COc1ccccc1CCNC(=O)c1ccc(Nc2cc(C)ccc2C)nc1. The Hall–Kier alpha value is -3.34. The number of nitrogens with zero attached hydrogens (tertiary/aromatic N) is 1. The molecular weight excluding hydrogens is 350 g/mol. The lowest BCUT2D eigenvalue weighted by molar-refractivity contribution is 0.0953. The molecule has 1 amide bonds. The molecular formula is C23H25N3O2. The van der Waals surface area contributed by atoms with Crippen molar-refractivity contribution in [1.82, 2.24) is 10.3 Å². The second-order valence-corrected chi connectivity index (χ2v) is 6.69. The molecule has 1 aromatic heterocycles. The molecule has 0 aliphatic carbocycles. The molecule has 0 saturated carbocycles. The van der Waals surface area contributed by atoms with Gasteiger partial charge in [0, 0.05) is 18.4 Å². The van der Waals surface area contributed by atoms with E-state index < -0.39 is 0 Å². The smallest absolute Gasteiger partial charge is 0.252 e. The van der Waals surface area contributed by atoms with Crippen molar-refractivity contribution in [1.29, 1.82) is 0 Å². The van der Waals surface area contributed by atoms with Crippen molar-refractivity contribution < 1.29 is 9.53 Å². The molecule has 3 aromatic rings. The van der Waals surface area contributed by atoms with Gasteiger partial charge >= 0.3 is 0 Å². The van der Waals surface area contributed by atoms with Crippen LogP contribution < -0.4 is 15.4 Å². The number of pyridine rings is 1. The zero-order chi connectivity index (χ0) is 19.9. The molecule has 0 bridgehead atoms. The van der Waals surface area contributed by atoms with Crippen LogP contribution in [0.3, 0.4) is 0 Å². The summed E-state index contributed by atoms with van der Waals surface area (Å²) in [7, 11) is 1.65. The number of aryl methyl sites for hydroxylation is 2. The van der Waals surface area contributed by atoms with Crippen LogP contribution in [-0.2, 0) is 6.42 Å². The van der Waals surface area contributed by atoms with E-state index in [1.165, 1.54) is 5.56 Å². The second kappa shape index (κ2) is 9.04. The molecule has 3 rings (SSSR count). The molecule has 2 N–H and O–H groups in total. The van der Waals surface area contributed by atoms with Gasteiger partial charge in [-0.3, -0.25) is 4.79 Å².